The predicted molar refractivity (Wildman–Crippen MR) is 102 cm³/mol. The van der Waals surface area contributed by atoms with E-state index in [9.17, 15) is 4.79 Å². The van der Waals surface area contributed by atoms with Gasteiger partial charge >= 0.3 is 0 Å². The molecule has 0 saturated carbocycles. The predicted octanol–water partition coefficient (Wildman–Crippen LogP) is 1.75. The quantitative estimate of drug-likeness (QED) is 0.719. The maximum atomic E-state index is 12.5. The Morgan fingerprint density at radius 3 is 2.74 bits per heavy atom. The van der Waals surface area contributed by atoms with E-state index >= 15 is 0 Å². The third-order valence-electron chi connectivity index (χ3n) is 4.84. The maximum absolute atomic E-state index is 12.5. The number of aromatic nitrogens is 5. The Hall–Kier alpha value is -2.74. The van der Waals surface area contributed by atoms with Crippen molar-refractivity contribution in [3.05, 3.63) is 47.5 Å². The Kier molecular flexibility index (Phi) is 5.15. The molecule has 1 amide bonds. The van der Waals surface area contributed by atoms with Crippen LogP contribution in [0.4, 0.5) is 5.82 Å². The summed E-state index contributed by atoms with van der Waals surface area (Å²) in [6.45, 7) is 2.11. The van der Waals surface area contributed by atoms with Crippen LogP contribution in [0.15, 0.2) is 36.5 Å². The molecule has 1 saturated heterocycles. The molecule has 4 rings (SSSR count). The Labute approximate surface area is 161 Å². The highest BCUT2D eigenvalue weighted by Crippen LogP contribution is 2.22. The van der Waals surface area contributed by atoms with E-state index in [2.05, 4.69) is 30.6 Å². The lowest BCUT2D eigenvalue weighted by Gasteiger charge is -2.31. The van der Waals surface area contributed by atoms with Gasteiger partial charge in [0.1, 0.15) is 5.82 Å². The number of carbonyl (C=O) groups excluding carboxylic acids is 1. The van der Waals surface area contributed by atoms with Crippen LogP contribution in [0.2, 0.25) is 5.15 Å². The second-order valence-corrected chi connectivity index (χ2v) is 6.95. The van der Waals surface area contributed by atoms with Gasteiger partial charge in [0.05, 0.1) is 0 Å². The number of piperidine rings is 1. The molecule has 9 heteroatoms. The molecule has 27 heavy (non-hydrogen) atoms. The van der Waals surface area contributed by atoms with Crippen LogP contribution in [0.3, 0.4) is 0 Å². The van der Waals surface area contributed by atoms with Gasteiger partial charge in [-0.15, -0.1) is 20.4 Å². The molecule has 8 nitrogen and oxygen atoms in total. The van der Waals surface area contributed by atoms with Gasteiger partial charge in [-0.25, -0.2) is 0 Å². The molecule has 0 aromatic carbocycles. The number of nitrogens with one attached hydrogen (secondary N) is 1. The van der Waals surface area contributed by atoms with E-state index in [1.807, 2.05) is 34.9 Å². The van der Waals surface area contributed by atoms with E-state index in [4.69, 9.17) is 11.6 Å². The molecule has 3 aromatic rings. The minimum atomic E-state index is 0.0247. The number of pyridine rings is 1. The van der Waals surface area contributed by atoms with Gasteiger partial charge in [0.2, 0.25) is 5.91 Å². The van der Waals surface area contributed by atoms with Crippen LogP contribution in [0.25, 0.3) is 5.65 Å². The fourth-order valence-electron chi connectivity index (χ4n) is 3.35. The average Bonchev–Trinajstić information content (AvgIpc) is 3.12. The van der Waals surface area contributed by atoms with Crippen molar-refractivity contribution in [1.29, 1.82) is 0 Å². The van der Waals surface area contributed by atoms with E-state index in [-0.39, 0.29) is 11.8 Å². The number of hydrogen-bond donors (Lipinski definition) is 1. The van der Waals surface area contributed by atoms with Crippen LogP contribution in [0.5, 0.6) is 0 Å². The molecule has 1 fully saturated rings. The summed E-state index contributed by atoms with van der Waals surface area (Å²) in [4.78, 5) is 14.6. The Balaban J connectivity index is 1.25. The van der Waals surface area contributed by atoms with Crippen molar-refractivity contribution in [2.75, 3.05) is 24.5 Å². The number of nitrogens with zero attached hydrogens (tertiary/aromatic N) is 6. The molecular formula is C18H20ClN7O. The number of fused-ring (bicyclic) bond motifs is 1. The molecule has 0 atom stereocenters. The summed E-state index contributed by atoms with van der Waals surface area (Å²) < 4.78 is 1.94. The van der Waals surface area contributed by atoms with E-state index in [1.54, 1.807) is 6.07 Å². The molecule has 0 unspecified atom stereocenters. The SMILES string of the molecule is O=C(NCCc1nnc2ccccn12)C1CCN(c2ccc(Cl)nn2)CC1. The van der Waals surface area contributed by atoms with Gasteiger partial charge in [0.15, 0.2) is 16.6 Å². The van der Waals surface area contributed by atoms with Gasteiger partial charge in [-0.1, -0.05) is 17.7 Å². The zero-order valence-electron chi connectivity index (χ0n) is 14.8. The molecule has 140 valence electrons. The highest BCUT2D eigenvalue weighted by Gasteiger charge is 2.25. The lowest BCUT2D eigenvalue weighted by Crippen LogP contribution is -2.41. The zero-order valence-corrected chi connectivity index (χ0v) is 15.5. The van der Waals surface area contributed by atoms with E-state index < -0.39 is 0 Å². The standard InChI is InChI=1S/C18H20ClN7O/c19-14-4-5-15(22-21-14)25-11-7-13(8-12-25)18(27)20-9-6-17-24-23-16-3-1-2-10-26(16)17/h1-5,10,13H,6-9,11-12H2,(H,20,27). The molecule has 4 heterocycles. The number of amides is 1. The summed E-state index contributed by atoms with van der Waals surface area (Å²) in [7, 11) is 0. The number of halogens is 1. The van der Waals surface area contributed by atoms with Crippen LogP contribution < -0.4 is 10.2 Å². The molecule has 0 aliphatic carbocycles. The van der Waals surface area contributed by atoms with Crippen LogP contribution >= 0.6 is 11.6 Å². The maximum Gasteiger partial charge on any atom is 0.223 e. The summed E-state index contributed by atoms with van der Waals surface area (Å²) in [6.07, 6.45) is 4.17. The van der Waals surface area contributed by atoms with E-state index in [0.29, 0.717) is 18.1 Å². The largest absolute Gasteiger partial charge is 0.355 e. The third-order valence-corrected chi connectivity index (χ3v) is 5.04. The summed E-state index contributed by atoms with van der Waals surface area (Å²) >= 11 is 5.78. The second-order valence-electron chi connectivity index (χ2n) is 6.56. The van der Waals surface area contributed by atoms with Gasteiger partial charge in [0, 0.05) is 38.2 Å². The molecule has 1 N–H and O–H groups in total. The Bertz CT molecular complexity index is 919. The highest BCUT2D eigenvalue weighted by molar-refractivity contribution is 6.29. The van der Waals surface area contributed by atoms with Crippen LogP contribution in [0, 0.1) is 5.92 Å². The molecule has 0 bridgehead atoms. The van der Waals surface area contributed by atoms with E-state index in [0.717, 1.165) is 43.2 Å². The number of rotatable bonds is 5. The van der Waals surface area contributed by atoms with Gasteiger partial charge in [-0.2, -0.15) is 0 Å². The van der Waals surface area contributed by atoms with Crippen molar-refractivity contribution in [2.24, 2.45) is 5.92 Å². The van der Waals surface area contributed by atoms with Gasteiger partial charge in [0.25, 0.3) is 0 Å². The number of anilines is 1. The van der Waals surface area contributed by atoms with Gasteiger partial charge < -0.3 is 10.2 Å². The first-order valence-electron chi connectivity index (χ1n) is 9.01. The highest BCUT2D eigenvalue weighted by atomic mass is 35.5. The normalized spacial score (nSPS) is 15.2. The lowest BCUT2D eigenvalue weighted by atomic mass is 9.96. The van der Waals surface area contributed by atoms with Crippen molar-refractivity contribution in [3.63, 3.8) is 0 Å². The first kappa shape index (κ1) is 17.7. The minimum absolute atomic E-state index is 0.0247. The lowest BCUT2D eigenvalue weighted by molar-refractivity contribution is -0.125. The van der Waals surface area contributed by atoms with Crippen molar-refractivity contribution in [3.8, 4) is 0 Å². The van der Waals surface area contributed by atoms with Crippen LogP contribution in [-0.4, -0.2) is 50.3 Å². The first-order chi connectivity index (χ1) is 13.2. The second kappa shape index (κ2) is 7.87. The molecular weight excluding hydrogens is 366 g/mol. The van der Waals surface area contributed by atoms with Gasteiger partial charge in [-0.3, -0.25) is 9.20 Å². The van der Waals surface area contributed by atoms with Crippen LogP contribution in [-0.2, 0) is 11.2 Å². The fourth-order valence-corrected chi connectivity index (χ4v) is 3.45. The average molecular weight is 386 g/mol. The smallest absolute Gasteiger partial charge is 0.223 e. The van der Waals surface area contributed by atoms with Crippen molar-refractivity contribution in [2.45, 2.75) is 19.3 Å². The Morgan fingerprint density at radius 2 is 1.96 bits per heavy atom. The molecule has 0 radical (unpaired) electrons. The minimum Gasteiger partial charge on any atom is -0.355 e. The summed E-state index contributed by atoms with van der Waals surface area (Å²) in [6, 6.07) is 9.37. The van der Waals surface area contributed by atoms with E-state index in [1.165, 1.54) is 0 Å². The van der Waals surface area contributed by atoms with Crippen molar-refractivity contribution in [1.82, 2.24) is 30.1 Å². The topological polar surface area (TPSA) is 88.3 Å². The number of hydrogen-bond acceptors (Lipinski definition) is 6. The van der Waals surface area contributed by atoms with Crippen molar-refractivity contribution >= 4 is 29.0 Å². The third kappa shape index (κ3) is 4.00. The van der Waals surface area contributed by atoms with Gasteiger partial charge in [-0.05, 0) is 37.1 Å². The molecule has 1 aliphatic heterocycles. The summed E-state index contributed by atoms with van der Waals surface area (Å²) in [5.41, 5.74) is 0.816. The Morgan fingerprint density at radius 1 is 1.11 bits per heavy atom. The molecule has 3 aromatic heterocycles. The zero-order chi connectivity index (χ0) is 18.6. The van der Waals surface area contributed by atoms with Crippen molar-refractivity contribution < 1.29 is 4.79 Å². The first-order valence-corrected chi connectivity index (χ1v) is 9.39. The summed E-state index contributed by atoms with van der Waals surface area (Å²) in [5.74, 6) is 1.78. The number of carbonyl (C=O) groups is 1. The molecule has 0 spiro atoms. The monoisotopic (exact) mass is 385 g/mol. The van der Waals surface area contributed by atoms with Crippen LogP contribution in [0.1, 0.15) is 18.7 Å². The molecule has 1 aliphatic rings. The fraction of sp³-hybridized carbons (Fsp3) is 0.389. The summed E-state index contributed by atoms with van der Waals surface area (Å²) in [5, 5.41) is 19.7.